The van der Waals surface area contributed by atoms with Gasteiger partial charge in [0.15, 0.2) is 4.80 Å². The number of hydrogen-bond acceptors (Lipinski definition) is 7. The van der Waals surface area contributed by atoms with Crippen LogP contribution in [0.4, 0.5) is 11.4 Å². The molecule has 2 bridgehead atoms. The molecule has 0 spiro atoms. The Bertz CT molecular complexity index is 1730. The molecular weight excluding hydrogens is 492 g/mol. The maximum atomic E-state index is 13.7. The summed E-state index contributed by atoms with van der Waals surface area (Å²) in [5, 5.41) is 13.9. The summed E-state index contributed by atoms with van der Waals surface area (Å²) in [6, 6.07) is 21.8. The summed E-state index contributed by atoms with van der Waals surface area (Å²) in [6.45, 7) is 1.76. The van der Waals surface area contributed by atoms with E-state index >= 15 is 0 Å². The number of anilines is 1. The van der Waals surface area contributed by atoms with Gasteiger partial charge in [-0.05, 0) is 48.9 Å². The SMILES string of the molecule is C[C@]12N=c3s/c(=C/c4ccc([N+](=O)[O-])cc4)c(=O)n3[C@H](c3ccccc3O1)[C@@H]2C(=O)Nc1ccccc1. The van der Waals surface area contributed by atoms with Crippen molar-refractivity contribution in [3.63, 3.8) is 0 Å². The largest absolute Gasteiger partial charge is 0.465 e. The van der Waals surface area contributed by atoms with Crippen molar-refractivity contribution in [3.8, 4) is 5.75 Å². The van der Waals surface area contributed by atoms with Crippen LogP contribution in [0.15, 0.2) is 88.6 Å². The molecule has 9 nitrogen and oxygen atoms in total. The molecule has 3 heterocycles. The first-order chi connectivity index (χ1) is 17.8. The van der Waals surface area contributed by atoms with Gasteiger partial charge in [0.2, 0.25) is 11.6 Å². The normalized spacial score (nSPS) is 21.7. The second-order valence-corrected chi connectivity index (χ2v) is 10.0. The van der Waals surface area contributed by atoms with Crippen molar-refractivity contribution in [2.75, 3.05) is 5.32 Å². The van der Waals surface area contributed by atoms with E-state index in [0.717, 1.165) is 5.56 Å². The minimum absolute atomic E-state index is 0.0305. The van der Waals surface area contributed by atoms with Crippen LogP contribution in [0.2, 0.25) is 0 Å². The minimum atomic E-state index is -1.24. The number of nitro benzene ring substituents is 1. The Labute approximate surface area is 214 Å². The van der Waals surface area contributed by atoms with E-state index in [4.69, 9.17) is 9.73 Å². The number of thiazole rings is 1. The first kappa shape index (κ1) is 22.9. The summed E-state index contributed by atoms with van der Waals surface area (Å²) in [4.78, 5) is 43.2. The second-order valence-electron chi connectivity index (χ2n) is 9.00. The Morgan fingerprint density at radius 3 is 2.54 bits per heavy atom. The number of para-hydroxylation sites is 2. The first-order valence-corrected chi connectivity index (χ1v) is 12.4. The van der Waals surface area contributed by atoms with Crippen LogP contribution in [-0.2, 0) is 4.79 Å². The summed E-state index contributed by atoms with van der Waals surface area (Å²) >= 11 is 1.20. The maximum absolute atomic E-state index is 13.7. The molecule has 2 aliphatic heterocycles. The van der Waals surface area contributed by atoms with E-state index in [0.29, 0.717) is 26.3 Å². The highest BCUT2D eigenvalue weighted by atomic mass is 32.1. The van der Waals surface area contributed by atoms with Gasteiger partial charge >= 0.3 is 0 Å². The Balaban J connectivity index is 1.51. The van der Waals surface area contributed by atoms with Gasteiger partial charge < -0.3 is 10.1 Å². The van der Waals surface area contributed by atoms with Gasteiger partial charge in [0.05, 0.1) is 15.5 Å². The van der Waals surface area contributed by atoms with Gasteiger partial charge in [-0.2, -0.15) is 0 Å². The molecule has 184 valence electrons. The van der Waals surface area contributed by atoms with Crippen LogP contribution in [0.25, 0.3) is 6.08 Å². The molecule has 0 saturated carbocycles. The van der Waals surface area contributed by atoms with Crippen molar-refractivity contribution < 1.29 is 14.5 Å². The number of nitrogens with zero attached hydrogens (tertiary/aromatic N) is 3. The predicted molar refractivity (Wildman–Crippen MR) is 138 cm³/mol. The first-order valence-electron chi connectivity index (χ1n) is 11.6. The lowest BCUT2D eigenvalue weighted by atomic mass is 9.80. The lowest BCUT2D eigenvalue weighted by molar-refractivity contribution is -0.384. The maximum Gasteiger partial charge on any atom is 0.270 e. The van der Waals surface area contributed by atoms with Gasteiger partial charge in [-0.25, -0.2) is 4.99 Å². The second kappa shape index (κ2) is 8.52. The average Bonchev–Trinajstić information content (AvgIpc) is 3.17. The monoisotopic (exact) mass is 512 g/mol. The fraction of sp³-hybridized carbons (Fsp3) is 0.148. The number of hydrogen-bond donors (Lipinski definition) is 1. The van der Waals surface area contributed by atoms with Gasteiger partial charge in [0, 0.05) is 23.4 Å². The molecule has 3 atom stereocenters. The summed E-state index contributed by atoms with van der Waals surface area (Å²) in [6.07, 6.45) is 1.68. The third kappa shape index (κ3) is 3.82. The zero-order valence-corrected chi connectivity index (χ0v) is 20.3. The van der Waals surface area contributed by atoms with Gasteiger partial charge in [-0.1, -0.05) is 47.7 Å². The Kier molecular flexibility index (Phi) is 5.27. The lowest BCUT2D eigenvalue weighted by Gasteiger charge is -2.45. The third-order valence-electron chi connectivity index (χ3n) is 6.61. The molecule has 1 N–H and O–H groups in total. The Morgan fingerprint density at radius 2 is 1.81 bits per heavy atom. The zero-order valence-electron chi connectivity index (χ0n) is 19.5. The molecule has 0 fully saturated rings. The number of non-ortho nitro benzene ring substituents is 1. The predicted octanol–water partition coefficient (Wildman–Crippen LogP) is 3.23. The molecule has 3 aromatic carbocycles. The van der Waals surface area contributed by atoms with Crippen LogP contribution in [0, 0.1) is 16.0 Å². The fourth-order valence-electron chi connectivity index (χ4n) is 4.93. The fourth-order valence-corrected chi connectivity index (χ4v) is 6.03. The number of nitrogens with one attached hydrogen (secondary N) is 1. The van der Waals surface area contributed by atoms with Crippen molar-refractivity contribution in [1.29, 1.82) is 0 Å². The number of nitro groups is 1. The molecule has 6 rings (SSSR count). The standard InChI is InChI=1S/C27H20N4O5S/c1-27-22(24(32)28-17-7-3-2-4-8-17)23(19-9-5-6-10-20(19)36-27)30-25(33)21(37-26(30)29-27)15-16-11-13-18(14-12-16)31(34)35/h2-15,22-23H,1H3,(H,28,32)/b21-15+/t22-,23-,27+/m1/s1. The molecular formula is C27H20N4O5S. The molecule has 0 saturated heterocycles. The third-order valence-corrected chi connectivity index (χ3v) is 7.59. The lowest BCUT2D eigenvalue weighted by Crippen LogP contribution is -2.59. The van der Waals surface area contributed by atoms with Crippen LogP contribution in [0.1, 0.15) is 24.1 Å². The quantitative estimate of drug-likeness (QED) is 0.333. The highest BCUT2D eigenvalue weighted by Gasteiger charge is 2.55. The van der Waals surface area contributed by atoms with Gasteiger partial charge in [-0.15, -0.1) is 0 Å². The number of benzene rings is 3. The molecule has 1 aromatic heterocycles. The number of carbonyl (C=O) groups is 1. The highest BCUT2D eigenvalue weighted by molar-refractivity contribution is 7.07. The van der Waals surface area contributed by atoms with E-state index < -0.39 is 22.6 Å². The highest BCUT2D eigenvalue weighted by Crippen LogP contribution is 2.47. The van der Waals surface area contributed by atoms with E-state index in [-0.39, 0.29) is 17.2 Å². The van der Waals surface area contributed by atoms with Crippen molar-refractivity contribution >= 4 is 34.7 Å². The summed E-state index contributed by atoms with van der Waals surface area (Å²) in [5.74, 6) is -0.539. The van der Waals surface area contributed by atoms with Crippen LogP contribution < -0.4 is 24.9 Å². The molecule has 0 radical (unpaired) electrons. The van der Waals surface area contributed by atoms with Gasteiger partial charge in [-0.3, -0.25) is 24.3 Å². The molecule has 4 aromatic rings. The number of amides is 1. The molecule has 0 aliphatic carbocycles. The number of aromatic nitrogens is 1. The number of fused-ring (bicyclic) bond motifs is 6. The van der Waals surface area contributed by atoms with Gasteiger partial charge in [0.25, 0.3) is 11.2 Å². The smallest absolute Gasteiger partial charge is 0.270 e. The Hall–Kier alpha value is -4.57. The van der Waals surface area contributed by atoms with Crippen LogP contribution in [0.5, 0.6) is 5.75 Å². The summed E-state index contributed by atoms with van der Waals surface area (Å²) in [5.41, 5.74) is 0.454. The van der Waals surface area contributed by atoms with Crippen molar-refractivity contribution in [2.24, 2.45) is 10.9 Å². The van der Waals surface area contributed by atoms with Crippen LogP contribution in [0.3, 0.4) is 0 Å². The number of ether oxygens (including phenoxy) is 1. The zero-order chi connectivity index (χ0) is 25.7. The van der Waals surface area contributed by atoms with E-state index in [1.165, 1.54) is 23.5 Å². The summed E-state index contributed by atoms with van der Waals surface area (Å²) < 4.78 is 8.29. The molecule has 37 heavy (non-hydrogen) atoms. The molecule has 1 amide bonds. The van der Waals surface area contributed by atoms with Crippen LogP contribution >= 0.6 is 11.3 Å². The molecule has 10 heteroatoms. The average molecular weight is 513 g/mol. The van der Waals surface area contributed by atoms with E-state index in [1.807, 2.05) is 42.5 Å². The van der Waals surface area contributed by atoms with Crippen molar-refractivity contribution in [3.05, 3.63) is 120 Å². The van der Waals surface area contributed by atoms with Crippen molar-refractivity contribution in [1.82, 2.24) is 4.57 Å². The topological polar surface area (TPSA) is 116 Å². The van der Waals surface area contributed by atoms with Crippen molar-refractivity contribution in [2.45, 2.75) is 18.7 Å². The minimum Gasteiger partial charge on any atom is -0.465 e. The van der Waals surface area contributed by atoms with Crippen LogP contribution in [-0.4, -0.2) is 21.1 Å². The van der Waals surface area contributed by atoms with E-state index in [1.54, 1.807) is 41.8 Å². The van der Waals surface area contributed by atoms with E-state index in [9.17, 15) is 19.7 Å². The Morgan fingerprint density at radius 1 is 1.11 bits per heavy atom. The van der Waals surface area contributed by atoms with E-state index in [2.05, 4.69) is 5.32 Å². The summed E-state index contributed by atoms with van der Waals surface area (Å²) in [7, 11) is 0. The van der Waals surface area contributed by atoms with Gasteiger partial charge in [0.1, 0.15) is 11.7 Å². The number of carbonyl (C=O) groups excluding carboxylic acids is 1. The molecule has 2 aliphatic rings. The molecule has 0 unspecified atom stereocenters. The number of rotatable bonds is 4.